The Hall–Kier alpha value is -2.52. The van der Waals surface area contributed by atoms with Crippen molar-refractivity contribution in [2.45, 2.75) is 39.3 Å². The second-order valence-corrected chi connectivity index (χ2v) is 7.65. The van der Waals surface area contributed by atoms with Crippen molar-refractivity contribution in [3.63, 3.8) is 0 Å². The average molecular weight is 354 g/mol. The first kappa shape index (κ1) is 17.9. The van der Waals surface area contributed by atoms with Crippen molar-refractivity contribution >= 4 is 18.6 Å². The smallest absolute Gasteiger partial charge is 0.135 e. The lowest BCUT2D eigenvalue weighted by Crippen LogP contribution is -2.31. The van der Waals surface area contributed by atoms with E-state index in [4.69, 9.17) is 17.3 Å². The van der Waals surface area contributed by atoms with Gasteiger partial charge < -0.3 is 9.47 Å². The van der Waals surface area contributed by atoms with Gasteiger partial charge in [0.2, 0.25) is 0 Å². The first-order valence-electron chi connectivity index (χ1n) is 9.34. The average Bonchev–Trinajstić information content (AvgIpc) is 2.60. The molecule has 1 unspecified atom stereocenters. The van der Waals surface area contributed by atoms with Gasteiger partial charge in [-0.3, -0.25) is 0 Å². The SMILES string of the molecule is [B]C(C=C(C)C)(OC(C)C)c1ccc2c(c1)-c1cccc3cccc(c13)O2. The summed E-state index contributed by atoms with van der Waals surface area (Å²) in [7, 11) is 6.71. The van der Waals surface area contributed by atoms with E-state index in [0.29, 0.717) is 0 Å². The maximum atomic E-state index is 6.71. The summed E-state index contributed by atoms with van der Waals surface area (Å²) in [6.07, 6.45) is 1.98. The van der Waals surface area contributed by atoms with Gasteiger partial charge in [0.15, 0.2) is 0 Å². The number of benzene rings is 3. The minimum Gasteiger partial charge on any atom is -0.456 e. The van der Waals surface area contributed by atoms with E-state index >= 15 is 0 Å². The number of hydrogen-bond acceptors (Lipinski definition) is 2. The molecule has 0 spiro atoms. The van der Waals surface area contributed by atoms with E-state index < -0.39 is 5.50 Å². The lowest BCUT2D eigenvalue weighted by Gasteiger charge is -2.32. The molecular formula is C24H23BO2. The van der Waals surface area contributed by atoms with Crippen LogP contribution in [0.2, 0.25) is 0 Å². The molecule has 1 heterocycles. The van der Waals surface area contributed by atoms with Crippen molar-refractivity contribution in [2.24, 2.45) is 0 Å². The highest BCUT2D eigenvalue weighted by Gasteiger charge is 2.28. The molecular weight excluding hydrogens is 331 g/mol. The van der Waals surface area contributed by atoms with E-state index in [9.17, 15) is 0 Å². The summed E-state index contributed by atoms with van der Waals surface area (Å²) in [4.78, 5) is 0. The Morgan fingerprint density at radius 3 is 2.44 bits per heavy atom. The highest BCUT2D eigenvalue weighted by Crippen LogP contribution is 2.47. The highest BCUT2D eigenvalue weighted by molar-refractivity contribution is 6.16. The molecule has 0 fully saturated rings. The maximum absolute atomic E-state index is 6.71. The van der Waals surface area contributed by atoms with Crippen molar-refractivity contribution in [1.82, 2.24) is 0 Å². The highest BCUT2D eigenvalue weighted by atomic mass is 16.5. The van der Waals surface area contributed by atoms with Crippen LogP contribution in [-0.4, -0.2) is 14.0 Å². The maximum Gasteiger partial charge on any atom is 0.135 e. The fourth-order valence-electron chi connectivity index (χ4n) is 3.81. The Kier molecular flexibility index (Phi) is 4.36. The molecule has 3 aromatic rings. The third kappa shape index (κ3) is 3.17. The van der Waals surface area contributed by atoms with E-state index in [1.807, 2.05) is 58.0 Å². The van der Waals surface area contributed by atoms with Gasteiger partial charge in [0.1, 0.15) is 19.3 Å². The van der Waals surface area contributed by atoms with Crippen molar-refractivity contribution in [3.05, 3.63) is 71.8 Å². The van der Waals surface area contributed by atoms with Gasteiger partial charge in [-0.1, -0.05) is 48.0 Å². The van der Waals surface area contributed by atoms with Crippen molar-refractivity contribution in [1.29, 1.82) is 0 Å². The van der Waals surface area contributed by atoms with E-state index in [0.717, 1.165) is 39.1 Å². The van der Waals surface area contributed by atoms with Crippen LogP contribution >= 0.6 is 0 Å². The monoisotopic (exact) mass is 354 g/mol. The third-order valence-electron chi connectivity index (χ3n) is 4.74. The van der Waals surface area contributed by atoms with Gasteiger partial charge >= 0.3 is 0 Å². The zero-order valence-electron chi connectivity index (χ0n) is 16.2. The summed E-state index contributed by atoms with van der Waals surface area (Å²) in [6, 6.07) is 18.6. The lowest BCUT2D eigenvalue weighted by molar-refractivity contribution is 0.00381. The Balaban J connectivity index is 1.92. The van der Waals surface area contributed by atoms with Gasteiger partial charge in [-0.2, -0.15) is 0 Å². The van der Waals surface area contributed by atoms with Crippen LogP contribution in [0.4, 0.5) is 0 Å². The van der Waals surface area contributed by atoms with Crippen LogP contribution in [0.3, 0.4) is 0 Å². The van der Waals surface area contributed by atoms with E-state index in [-0.39, 0.29) is 6.10 Å². The largest absolute Gasteiger partial charge is 0.456 e. The summed E-state index contributed by atoms with van der Waals surface area (Å²) >= 11 is 0. The molecule has 2 radical (unpaired) electrons. The molecule has 1 aliphatic rings. The molecule has 1 aliphatic heterocycles. The summed E-state index contributed by atoms with van der Waals surface area (Å²) in [6.45, 7) is 8.06. The zero-order chi connectivity index (χ0) is 19.2. The number of allylic oxidation sites excluding steroid dienone is 1. The minimum atomic E-state index is -0.979. The van der Waals surface area contributed by atoms with E-state index in [1.54, 1.807) is 0 Å². The normalized spacial score (nSPS) is 14.4. The van der Waals surface area contributed by atoms with Crippen LogP contribution < -0.4 is 4.74 Å². The molecule has 0 aliphatic carbocycles. The van der Waals surface area contributed by atoms with Crippen LogP contribution in [0.5, 0.6) is 11.5 Å². The van der Waals surface area contributed by atoms with Crippen molar-refractivity contribution in [3.8, 4) is 22.6 Å². The summed E-state index contributed by atoms with van der Waals surface area (Å²) in [5, 5.41) is 2.31. The van der Waals surface area contributed by atoms with Gasteiger partial charge in [-0.25, -0.2) is 0 Å². The summed E-state index contributed by atoms with van der Waals surface area (Å²) < 4.78 is 12.3. The van der Waals surface area contributed by atoms with Gasteiger partial charge in [0.25, 0.3) is 0 Å². The van der Waals surface area contributed by atoms with Crippen LogP contribution in [0.15, 0.2) is 66.2 Å². The fraction of sp³-hybridized carbons (Fsp3) is 0.250. The lowest BCUT2D eigenvalue weighted by atomic mass is 9.73. The van der Waals surface area contributed by atoms with Crippen molar-refractivity contribution < 1.29 is 9.47 Å². The third-order valence-corrected chi connectivity index (χ3v) is 4.74. The Morgan fingerprint density at radius 2 is 1.74 bits per heavy atom. The molecule has 3 heteroatoms. The second kappa shape index (κ2) is 6.58. The number of rotatable bonds is 4. The van der Waals surface area contributed by atoms with Crippen LogP contribution in [0, 0.1) is 0 Å². The molecule has 2 nitrogen and oxygen atoms in total. The molecule has 0 N–H and O–H groups in total. The summed E-state index contributed by atoms with van der Waals surface area (Å²) in [5.41, 5.74) is 3.25. The molecule has 0 saturated carbocycles. The first-order chi connectivity index (χ1) is 12.9. The quantitative estimate of drug-likeness (QED) is 0.315. The predicted octanol–water partition coefficient (Wildman–Crippen LogP) is 6.33. The number of ether oxygens (including phenoxy) is 2. The molecule has 0 bridgehead atoms. The molecule has 27 heavy (non-hydrogen) atoms. The molecule has 4 rings (SSSR count). The van der Waals surface area contributed by atoms with Crippen LogP contribution in [0.25, 0.3) is 21.9 Å². The van der Waals surface area contributed by atoms with Crippen LogP contribution in [-0.2, 0) is 10.2 Å². The summed E-state index contributed by atoms with van der Waals surface area (Å²) in [5.74, 6) is 1.74. The standard InChI is InChI=1S/C24H23BO2/c1-15(2)14-24(25,27-16(3)4)18-11-12-21-20(13-18)19-9-5-7-17-8-6-10-22(26-21)23(17)19/h5-14,16H,1-4H3. The van der Waals surface area contributed by atoms with Gasteiger partial charge in [0.05, 0.1) is 11.6 Å². The van der Waals surface area contributed by atoms with Crippen molar-refractivity contribution in [2.75, 3.05) is 0 Å². The Morgan fingerprint density at radius 1 is 1.00 bits per heavy atom. The van der Waals surface area contributed by atoms with Crippen LogP contribution in [0.1, 0.15) is 33.3 Å². The predicted molar refractivity (Wildman–Crippen MR) is 113 cm³/mol. The van der Waals surface area contributed by atoms with Gasteiger partial charge in [0, 0.05) is 10.9 Å². The zero-order valence-corrected chi connectivity index (χ0v) is 16.2. The number of fused-ring (bicyclic) bond motifs is 2. The van der Waals surface area contributed by atoms with Gasteiger partial charge in [-0.05, 0) is 62.4 Å². The number of hydrogen-bond donors (Lipinski definition) is 0. The Labute approximate surface area is 162 Å². The molecule has 134 valence electrons. The molecule has 0 saturated heterocycles. The molecule has 3 aromatic carbocycles. The molecule has 1 atom stereocenters. The molecule has 0 amide bonds. The van der Waals surface area contributed by atoms with E-state index in [1.165, 1.54) is 5.39 Å². The van der Waals surface area contributed by atoms with E-state index in [2.05, 4.69) is 30.3 Å². The fourth-order valence-corrected chi connectivity index (χ4v) is 3.81. The second-order valence-electron chi connectivity index (χ2n) is 7.65. The first-order valence-corrected chi connectivity index (χ1v) is 9.34. The van der Waals surface area contributed by atoms with Gasteiger partial charge in [-0.15, -0.1) is 0 Å². The minimum absolute atomic E-state index is 0.00189. The Bertz CT molecular complexity index is 1040. The molecule has 0 aromatic heterocycles. The topological polar surface area (TPSA) is 18.5 Å².